The number of piperazine rings is 1. The van der Waals surface area contributed by atoms with Gasteiger partial charge in [0.1, 0.15) is 0 Å². The van der Waals surface area contributed by atoms with Crippen LogP contribution in [0.3, 0.4) is 0 Å². The summed E-state index contributed by atoms with van der Waals surface area (Å²) in [6.45, 7) is 56.4. The van der Waals surface area contributed by atoms with E-state index in [-0.39, 0.29) is 0 Å². The van der Waals surface area contributed by atoms with Crippen LogP contribution in [0.25, 0.3) is 0 Å². The molecule has 3 N–H and O–H groups in total. The number of aliphatic hydroxyl groups excluding tert-OH is 3. The smallest absolute Gasteiger partial charge is 0.0678 e. The highest BCUT2D eigenvalue weighted by atomic mass is 16.5. The fourth-order valence-corrected chi connectivity index (χ4v) is 10.2. The van der Waals surface area contributed by atoms with Crippen LogP contribution in [0.15, 0.2) is 0 Å². The van der Waals surface area contributed by atoms with Crippen molar-refractivity contribution in [2.75, 3.05) is 157 Å². The van der Waals surface area contributed by atoms with Crippen LogP contribution in [-0.4, -0.2) is 231 Å². The first-order valence-electron chi connectivity index (χ1n) is 27.5. The number of nitrogens with zero attached hydrogens (tertiary/aromatic N) is 7. The van der Waals surface area contributed by atoms with Gasteiger partial charge in [-0.25, -0.2) is 0 Å². The number of ether oxygens (including phenoxy) is 2. The minimum Gasteiger partial charge on any atom is -0.395 e. The number of hydrogen-bond acceptors (Lipinski definition) is 12. The second kappa shape index (κ2) is 38.2. The summed E-state index contributed by atoms with van der Waals surface area (Å²) in [6, 6.07) is 0.912. The number of likely N-dealkylation sites (tertiary alicyclic amines) is 3. The van der Waals surface area contributed by atoms with Gasteiger partial charge in [0.05, 0.1) is 45.2 Å². The molecule has 0 radical (unpaired) electrons. The maximum atomic E-state index is 9.01. The normalized spacial score (nSPS) is 25.3. The number of morpholine rings is 2. The Morgan fingerprint density at radius 3 is 1.12 bits per heavy atom. The van der Waals surface area contributed by atoms with E-state index in [9.17, 15) is 0 Å². The molecular weight excluding hydrogens is 827 g/mol. The zero-order chi connectivity index (χ0) is 49.4. The number of rotatable bonds is 16. The van der Waals surface area contributed by atoms with Crippen molar-refractivity contribution in [3.63, 3.8) is 0 Å². The van der Waals surface area contributed by atoms with E-state index < -0.39 is 0 Å². The molecule has 6 saturated heterocycles. The van der Waals surface area contributed by atoms with Crippen molar-refractivity contribution in [1.29, 1.82) is 0 Å². The highest BCUT2D eigenvalue weighted by Crippen LogP contribution is 2.19. The predicted molar refractivity (Wildman–Crippen MR) is 282 cm³/mol. The molecule has 0 aliphatic carbocycles. The molecule has 6 fully saturated rings. The average Bonchev–Trinajstić information content (AvgIpc) is 4.02. The van der Waals surface area contributed by atoms with Gasteiger partial charge in [0.2, 0.25) is 0 Å². The summed E-state index contributed by atoms with van der Waals surface area (Å²) in [7, 11) is 0. The maximum absolute atomic E-state index is 9.01. The molecule has 4 atom stereocenters. The van der Waals surface area contributed by atoms with Crippen molar-refractivity contribution >= 4 is 0 Å². The van der Waals surface area contributed by atoms with Crippen LogP contribution in [-0.2, 0) is 9.47 Å². The second-order valence-electron chi connectivity index (χ2n) is 23.1. The predicted octanol–water partition coefficient (Wildman–Crippen LogP) is 6.91. The lowest BCUT2D eigenvalue weighted by Gasteiger charge is -2.36. The van der Waals surface area contributed by atoms with Gasteiger partial charge in [0.25, 0.3) is 0 Å². The molecule has 0 amide bonds. The first-order valence-corrected chi connectivity index (χ1v) is 27.5. The zero-order valence-electron chi connectivity index (χ0n) is 46.3. The molecule has 0 bridgehead atoms. The van der Waals surface area contributed by atoms with E-state index >= 15 is 0 Å². The summed E-state index contributed by atoms with van der Waals surface area (Å²) >= 11 is 0. The third-order valence-corrected chi connectivity index (χ3v) is 12.8. The van der Waals surface area contributed by atoms with E-state index in [0.717, 1.165) is 121 Å². The quantitative estimate of drug-likeness (QED) is 0.150. The van der Waals surface area contributed by atoms with Gasteiger partial charge in [-0.3, -0.25) is 24.5 Å². The van der Waals surface area contributed by atoms with Gasteiger partial charge in [0.15, 0.2) is 0 Å². The summed E-state index contributed by atoms with van der Waals surface area (Å²) in [6.07, 6.45) is 8.56. The molecule has 0 aromatic carbocycles. The molecule has 396 valence electrons. The largest absolute Gasteiger partial charge is 0.395 e. The summed E-state index contributed by atoms with van der Waals surface area (Å²) < 4.78 is 10.9. The Balaban J connectivity index is 0.000000397. The first kappa shape index (κ1) is 63.5. The third-order valence-electron chi connectivity index (χ3n) is 12.8. The van der Waals surface area contributed by atoms with Crippen LogP contribution in [0.1, 0.15) is 135 Å². The van der Waals surface area contributed by atoms with Crippen molar-refractivity contribution in [3.8, 4) is 0 Å². The molecule has 12 nitrogen and oxygen atoms in total. The van der Waals surface area contributed by atoms with Crippen molar-refractivity contribution < 1.29 is 24.8 Å². The van der Waals surface area contributed by atoms with Crippen LogP contribution in [0, 0.1) is 35.5 Å². The monoisotopic (exact) mass is 942 g/mol. The fourth-order valence-electron chi connectivity index (χ4n) is 10.2. The topological polar surface area (TPSA) is 102 Å². The molecule has 0 saturated carbocycles. The molecular formula is C54H115N7O5. The SMILES string of the molecule is CC(C)CN1CCCC1.CC(C)CN1CCC[C@@H]1CO.CC(C)CN1CCC[C@H]1CO.CC(C)CN1CCN(CCO)CC1.CC(C)CN1CCOCC1.CC(C)CN1C[C@@H](C)O[C@@H](C)C1. The standard InChI is InChI=1S/C10H22N2O.C10H21NO.2C9H19NO.C8H17NO.C8H17N/c1-10(2)9-12-5-3-11(4-6-12)7-8-13;1-8(2)5-11-6-9(3)12-10(4)7-11;2*1-8(2)6-10-5-3-4-9(10)7-11;1-8(2)7-9-3-5-10-6-4-9;1-8(2)7-9-5-3-4-6-9/h10,13H,3-9H2,1-2H3;8-10H,5-7H2,1-4H3;2*8-9,11H,3-7H2,1-2H3;8H,3-7H2,1-2H3;8H,3-7H2,1-2H3/t;9-,10+;2*9-;;/m..10../s1. The molecule has 6 aliphatic rings. The molecule has 12 heteroatoms. The summed E-state index contributed by atoms with van der Waals surface area (Å²) in [4.78, 5) is 17.2. The Bertz CT molecular complexity index is 1040. The van der Waals surface area contributed by atoms with Gasteiger partial charge in [-0.15, -0.1) is 0 Å². The van der Waals surface area contributed by atoms with E-state index in [4.69, 9.17) is 24.8 Å². The second-order valence-corrected chi connectivity index (χ2v) is 23.1. The van der Waals surface area contributed by atoms with Gasteiger partial charge < -0.3 is 34.6 Å². The van der Waals surface area contributed by atoms with E-state index in [1.54, 1.807) is 0 Å². The van der Waals surface area contributed by atoms with Gasteiger partial charge >= 0.3 is 0 Å². The molecule has 0 spiro atoms. The Hall–Kier alpha value is -0.480. The van der Waals surface area contributed by atoms with E-state index in [1.165, 1.54) is 90.9 Å². The molecule has 6 aliphatic heterocycles. The molecule has 6 rings (SSSR count). The highest BCUT2D eigenvalue weighted by Gasteiger charge is 2.25. The van der Waals surface area contributed by atoms with Crippen LogP contribution in [0.5, 0.6) is 0 Å². The molecule has 0 aromatic rings. The lowest BCUT2D eigenvalue weighted by Crippen LogP contribution is -2.48. The van der Waals surface area contributed by atoms with Crippen molar-refractivity contribution in [3.05, 3.63) is 0 Å². The van der Waals surface area contributed by atoms with Crippen molar-refractivity contribution in [2.24, 2.45) is 35.5 Å². The number of hydrogen-bond donors (Lipinski definition) is 3. The lowest BCUT2D eigenvalue weighted by atomic mass is 10.1. The third kappa shape index (κ3) is 32.4. The minimum absolute atomic E-state index is 0.296. The van der Waals surface area contributed by atoms with Gasteiger partial charge in [-0.05, 0) is 114 Å². The van der Waals surface area contributed by atoms with E-state index in [2.05, 4.69) is 131 Å². The highest BCUT2D eigenvalue weighted by molar-refractivity contribution is 4.80. The molecule has 6 heterocycles. The number of aliphatic hydroxyl groups is 3. The van der Waals surface area contributed by atoms with Crippen molar-refractivity contribution in [1.82, 2.24) is 34.3 Å². The Morgan fingerprint density at radius 2 is 0.758 bits per heavy atom. The van der Waals surface area contributed by atoms with E-state index in [1.807, 2.05) is 0 Å². The molecule has 0 unspecified atom stereocenters. The first-order chi connectivity index (χ1) is 31.3. The maximum Gasteiger partial charge on any atom is 0.0678 e. The van der Waals surface area contributed by atoms with Gasteiger partial charge in [0, 0.05) is 110 Å². The average molecular weight is 943 g/mol. The van der Waals surface area contributed by atoms with E-state index in [0.29, 0.717) is 44.1 Å². The Kier molecular flexibility index (Phi) is 36.8. The molecule has 66 heavy (non-hydrogen) atoms. The summed E-state index contributed by atoms with van der Waals surface area (Å²) in [5.74, 6) is 4.62. The zero-order valence-corrected chi connectivity index (χ0v) is 46.3. The van der Waals surface area contributed by atoms with Gasteiger partial charge in [-0.1, -0.05) is 83.1 Å². The Morgan fingerprint density at radius 1 is 0.409 bits per heavy atom. The van der Waals surface area contributed by atoms with Crippen LogP contribution in [0.4, 0.5) is 0 Å². The fraction of sp³-hybridized carbons (Fsp3) is 1.00. The van der Waals surface area contributed by atoms with Crippen molar-refractivity contribution in [2.45, 2.75) is 160 Å². The van der Waals surface area contributed by atoms with Gasteiger partial charge in [-0.2, -0.15) is 0 Å². The van der Waals surface area contributed by atoms with Crippen LogP contribution in [0.2, 0.25) is 0 Å². The summed E-state index contributed by atoms with van der Waals surface area (Å²) in [5.41, 5.74) is 0. The molecule has 0 aromatic heterocycles. The van der Waals surface area contributed by atoms with Crippen LogP contribution >= 0.6 is 0 Å². The number of β-amino-alcohol motifs (C(OH)–C–C–N with tert-alkyl or cyclic N) is 1. The minimum atomic E-state index is 0.296. The summed E-state index contributed by atoms with van der Waals surface area (Å²) in [5, 5.41) is 26.8. The van der Waals surface area contributed by atoms with Crippen LogP contribution < -0.4 is 0 Å². The lowest BCUT2D eigenvalue weighted by molar-refractivity contribution is -0.0704. The Labute approximate surface area is 410 Å².